The van der Waals surface area contributed by atoms with Crippen molar-refractivity contribution in [1.82, 2.24) is 4.98 Å². The second-order valence-corrected chi connectivity index (χ2v) is 4.96. The van der Waals surface area contributed by atoms with E-state index in [1.54, 1.807) is 5.38 Å². The third-order valence-electron chi connectivity index (χ3n) is 2.55. The molecule has 2 rings (SSSR count). The lowest BCUT2D eigenvalue weighted by Gasteiger charge is -2.08. The van der Waals surface area contributed by atoms with Crippen LogP contribution in [0.2, 0.25) is 0 Å². The average Bonchev–Trinajstić information content (AvgIpc) is 2.78. The van der Waals surface area contributed by atoms with Crippen molar-refractivity contribution in [1.29, 1.82) is 0 Å². The second kappa shape index (κ2) is 6.33. The number of rotatable bonds is 6. The summed E-state index contributed by atoms with van der Waals surface area (Å²) in [6.07, 6.45) is 0.643. The Bertz CT molecular complexity index is 565. The highest BCUT2D eigenvalue weighted by molar-refractivity contribution is 7.09. The van der Waals surface area contributed by atoms with E-state index in [9.17, 15) is 4.79 Å². The molecule has 1 aromatic heterocycles. The Morgan fingerprint density at radius 3 is 2.95 bits per heavy atom. The first-order valence-electron chi connectivity index (χ1n) is 6.04. The number of carboxylic acids is 1. The molecule has 4 nitrogen and oxygen atoms in total. The van der Waals surface area contributed by atoms with Gasteiger partial charge in [0.05, 0.1) is 23.7 Å². The molecular formula is C14H15NO3S. The molecule has 2 aromatic rings. The van der Waals surface area contributed by atoms with E-state index < -0.39 is 5.97 Å². The minimum absolute atomic E-state index is 0.0242. The van der Waals surface area contributed by atoms with Crippen LogP contribution in [0.1, 0.15) is 23.2 Å². The lowest BCUT2D eigenvalue weighted by atomic mass is 10.1. The first-order chi connectivity index (χ1) is 9.19. The van der Waals surface area contributed by atoms with Gasteiger partial charge in [0.1, 0.15) is 5.75 Å². The van der Waals surface area contributed by atoms with Gasteiger partial charge in [-0.05, 0) is 13.0 Å². The summed E-state index contributed by atoms with van der Waals surface area (Å²) in [7, 11) is 0. The van der Waals surface area contributed by atoms with Crippen molar-refractivity contribution >= 4 is 17.3 Å². The summed E-state index contributed by atoms with van der Waals surface area (Å²) in [6, 6.07) is 7.84. The average molecular weight is 277 g/mol. The van der Waals surface area contributed by atoms with E-state index in [0.29, 0.717) is 18.7 Å². The molecule has 0 aliphatic carbocycles. The zero-order valence-corrected chi connectivity index (χ0v) is 11.4. The van der Waals surface area contributed by atoms with Crippen molar-refractivity contribution in [3.05, 3.63) is 45.9 Å². The normalized spacial score (nSPS) is 10.4. The summed E-state index contributed by atoms with van der Waals surface area (Å²) in [6.45, 7) is 2.57. The van der Waals surface area contributed by atoms with Crippen molar-refractivity contribution < 1.29 is 14.6 Å². The molecule has 1 heterocycles. The van der Waals surface area contributed by atoms with Crippen molar-refractivity contribution in [2.24, 2.45) is 0 Å². The number of thiazole rings is 1. The number of hydrogen-bond donors (Lipinski definition) is 1. The second-order valence-electron chi connectivity index (χ2n) is 4.02. The minimum Gasteiger partial charge on any atom is -0.494 e. The van der Waals surface area contributed by atoms with Gasteiger partial charge in [-0.3, -0.25) is 4.79 Å². The Hall–Kier alpha value is -1.88. The van der Waals surface area contributed by atoms with Crippen molar-refractivity contribution in [2.45, 2.75) is 19.8 Å². The van der Waals surface area contributed by atoms with Crippen LogP contribution in [0.3, 0.4) is 0 Å². The molecule has 0 amide bonds. The van der Waals surface area contributed by atoms with E-state index in [0.717, 1.165) is 16.3 Å². The molecule has 0 unspecified atom stereocenters. The molecule has 0 aliphatic rings. The van der Waals surface area contributed by atoms with Gasteiger partial charge in [-0.1, -0.05) is 18.2 Å². The standard InChI is InChI=1S/C14H15NO3S/c1-2-18-12-6-4-3-5-10(12)7-13-15-11(9-19-13)8-14(16)17/h3-6,9H,2,7-8H2,1H3,(H,16,17). The summed E-state index contributed by atoms with van der Waals surface area (Å²) in [5.41, 5.74) is 1.68. The van der Waals surface area contributed by atoms with Crippen LogP contribution >= 0.6 is 11.3 Å². The Morgan fingerprint density at radius 2 is 2.21 bits per heavy atom. The van der Waals surface area contributed by atoms with Crippen LogP contribution in [0.5, 0.6) is 5.75 Å². The minimum atomic E-state index is -0.855. The Balaban J connectivity index is 2.12. The molecule has 19 heavy (non-hydrogen) atoms. The number of nitrogens with zero attached hydrogens (tertiary/aromatic N) is 1. The number of aromatic nitrogens is 1. The molecule has 5 heteroatoms. The number of para-hydroxylation sites is 1. The van der Waals surface area contributed by atoms with E-state index >= 15 is 0 Å². The maximum atomic E-state index is 10.6. The van der Waals surface area contributed by atoms with Crippen LogP contribution in [-0.2, 0) is 17.6 Å². The van der Waals surface area contributed by atoms with E-state index in [1.807, 2.05) is 31.2 Å². The molecule has 0 aliphatic heterocycles. The van der Waals surface area contributed by atoms with Crippen LogP contribution in [-0.4, -0.2) is 22.7 Å². The third kappa shape index (κ3) is 3.79. The lowest BCUT2D eigenvalue weighted by molar-refractivity contribution is -0.136. The lowest BCUT2D eigenvalue weighted by Crippen LogP contribution is -2.01. The molecule has 0 bridgehead atoms. The maximum absolute atomic E-state index is 10.6. The van der Waals surface area contributed by atoms with Gasteiger partial charge in [0, 0.05) is 17.4 Å². The first kappa shape index (κ1) is 13.5. The molecule has 0 radical (unpaired) electrons. The molecule has 1 aromatic carbocycles. The smallest absolute Gasteiger partial charge is 0.309 e. The van der Waals surface area contributed by atoms with Gasteiger partial charge >= 0.3 is 5.97 Å². The van der Waals surface area contributed by atoms with Gasteiger partial charge < -0.3 is 9.84 Å². The highest BCUT2D eigenvalue weighted by atomic mass is 32.1. The van der Waals surface area contributed by atoms with Gasteiger partial charge in [-0.2, -0.15) is 0 Å². The summed E-state index contributed by atoms with van der Waals surface area (Å²) >= 11 is 1.48. The quantitative estimate of drug-likeness (QED) is 0.882. The van der Waals surface area contributed by atoms with Crippen LogP contribution in [0.4, 0.5) is 0 Å². The fraction of sp³-hybridized carbons (Fsp3) is 0.286. The first-order valence-corrected chi connectivity index (χ1v) is 6.92. The summed E-state index contributed by atoms with van der Waals surface area (Å²) < 4.78 is 5.56. The fourth-order valence-corrected chi connectivity index (χ4v) is 2.59. The van der Waals surface area contributed by atoms with Crippen LogP contribution in [0.25, 0.3) is 0 Å². The Labute approximate surface area is 115 Å². The number of aliphatic carboxylic acids is 1. The van der Waals surface area contributed by atoms with E-state index in [2.05, 4.69) is 4.98 Å². The molecule has 0 saturated heterocycles. The van der Waals surface area contributed by atoms with Crippen LogP contribution < -0.4 is 4.74 Å². The zero-order valence-electron chi connectivity index (χ0n) is 10.6. The number of benzene rings is 1. The molecule has 100 valence electrons. The molecule has 0 fully saturated rings. The van der Waals surface area contributed by atoms with E-state index in [1.165, 1.54) is 11.3 Å². The van der Waals surface area contributed by atoms with E-state index in [-0.39, 0.29) is 6.42 Å². The van der Waals surface area contributed by atoms with Crippen LogP contribution in [0.15, 0.2) is 29.6 Å². The summed E-state index contributed by atoms with van der Waals surface area (Å²) in [5, 5.41) is 11.4. The molecular weight excluding hydrogens is 262 g/mol. The molecule has 0 spiro atoms. The summed E-state index contributed by atoms with van der Waals surface area (Å²) in [5.74, 6) is 0.00607. The SMILES string of the molecule is CCOc1ccccc1Cc1nc(CC(=O)O)cs1. The predicted octanol–water partition coefficient (Wildman–Crippen LogP) is 2.76. The predicted molar refractivity (Wildman–Crippen MR) is 73.9 cm³/mol. The number of carbonyl (C=O) groups is 1. The number of carboxylic acid groups (broad SMARTS) is 1. The third-order valence-corrected chi connectivity index (χ3v) is 3.44. The number of ether oxygens (including phenoxy) is 1. The zero-order chi connectivity index (χ0) is 13.7. The Kier molecular flexibility index (Phi) is 4.52. The van der Waals surface area contributed by atoms with Crippen molar-refractivity contribution in [3.63, 3.8) is 0 Å². The van der Waals surface area contributed by atoms with Gasteiger partial charge in [0.15, 0.2) is 0 Å². The Morgan fingerprint density at radius 1 is 1.42 bits per heavy atom. The van der Waals surface area contributed by atoms with Crippen molar-refractivity contribution in [3.8, 4) is 5.75 Å². The van der Waals surface area contributed by atoms with Gasteiger partial charge in [-0.15, -0.1) is 11.3 Å². The summed E-state index contributed by atoms with van der Waals surface area (Å²) in [4.78, 5) is 14.9. The fourth-order valence-electron chi connectivity index (χ4n) is 1.78. The monoisotopic (exact) mass is 277 g/mol. The topological polar surface area (TPSA) is 59.4 Å². The maximum Gasteiger partial charge on any atom is 0.309 e. The largest absolute Gasteiger partial charge is 0.494 e. The number of hydrogen-bond acceptors (Lipinski definition) is 4. The van der Waals surface area contributed by atoms with Crippen LogP contribution in [0, 0.1) is 0 Å². The molecule has 0 saturated carbocycles. The van der Waals surface area contributed by atoms with Gasteiger partial charge in [-0.25, -0.2) is 4.98 Å². The highest BCUT2D eigenvalue weighted by Crippen LogP contribution is 2.23. The van der Waals surface area contributed by atoms with Gasteiger partial charge in [0.25, 0.3) is 0 Å². The highest BCUT2D eigenvalue weighted by Gasteiger charge is 2.09. The molecule has 0 atom stereocenters. The van der Waals surface area contributed by atoms with Crippen molar-refractivity contribution in [2.75, 3.05) is 6.61 Å². The van der Waals surface area contributed by atoms with E-state index in [4.69, 9.17) is 9.84 Å². The molecule has 1 N–H and O–H groups in total. The van der Waals surface area contributed by atoms with Gasteiger partial charge in [0.2, 0.25) is 0 Å².